The van der Waals surface area contributed by atoms with E-state index in [0.29, 0.717) is 19.6 Å². The van der Waals surface area contributed by atoms with E-state index in [0.717, 1.165) is 17.7 Å². The van der Waals surface area contributed by atoms with Crippen LogP contribution in [-0.4, -0.2) is 32.9 Å². The molecule has 6 nitrogen and oxygen atoms in total. The second kappa shape index (κ2) is 4.85. The Morgan fingerprint density at radius 3 is 2.74 bits per heavy atom. The van der Waals surface area contributed by atoms with Crippen molar-refractivity contribution in [3.8, 4) is 0 Å². The Kier molecular flexibility index (Phi) is 3.54. The van der Waals surface area contributed by atoms with Gasteiger partial charge in [-0.05, 0) is 20.8 Å². The molecule has 0 bridgehead atoms. The van der Waals surface area contributed by atoms with Crippen LogP contribution in [0.25, 0.3) is 0 Å². The van der Waals surface area contributed by atoms with Crippen LogP contribution in [0.15, 0.2) is 0 Å². The van der Waals surface area contributed by atoms with Gasteiger partial charge in [0.2, 0.25) is 0 Å². The number of amides is 1. The lowest BCUT2D eigenvalue weighted by atomic mass is 10.1. The number of aryl methyl sites for hydroxylation is 1. The van der Waals surface area contributed by atoms with E-state index in [-0.39, 0.29) is 6.09 Å². The summed E-state index contributed by atoms with van der Waals surface area (Å²) in [4.78, 5) is 13.8. The molecular formula is C13H22N4O2. The molecule has 19 heavy (non-hydrogen) atoms. The smallest absolute Gasteiger partial charge is 0.410 e. The van der Waals surface area contributed by atoms with Gasteiger partial charge in [-0.25, -0.2) is 4.79 Å². The molecule has 0 saturated heterocycles. The zero-order valence-corrected chi connectivity index (χ0v) is 12.1. The highest BCUT2D eigenvalue weighted by molar-refractivity contribution is 5.68. The monoisotopic (exact) mass is 266 g/mol. The normalized spacial score (nSPS) is 15.3. The Balaban J connectivity index is 2.15. The first-order valence-electron chi connectivity index (χ1n) is 6.53. The topological polar surface area (TPSA) is 73.4 Å². The summed E-state index contributed by atoms with van der Waals surface area (Å²) in [6.07, 6.45) is 0.517. The number of aromatic nitrogens is 2. The van der Waals surface area contributed by atoms with E-state index in [4.69, 9.17) is 10.5 Å². The molecule has 6 heteroatoms. The third kappa shape index (κ3) is 2.89. The highest BCUT2D eigenvalue weighted by atomic mass is 16.6. The molecule has 2 heterocycles. The third-order valence-electron chi connectivity index (χ3n) is 3.17. The van der Waals surface area contributed by atoms with Gasteiger partial charge >= 0.3 is 6.09 Å². The Morgan fingerprint density at radius 2 is 2.16 bits per heavy atom. The number of fused-ring (bicyclic) bond motifs is 1. The second-order valence-corrected chi connectivity index (χ2v) is 5.85. The fourth-order valence-electron chi connectivity index (χ4n) is 2.32. The first kappa shape index (κ1) is 13.9. The molecule has 0 aliphatic carbocycles. The van der Waals surface area contributed by atoms with Gasteiger partial charge in [0.05, 0.1) is 12.2 Å². The maximum Gasteiger partial charge on any atom is 0.410 e. The summed E-state index contributed by atoms with van der Waals surface area (Å²) in [5.41, 5.74) is 8.34. The molecule has 1 amide bonds. The largest absolute Gasteiger partial charge is 0.444 e. The van der Waals surface area contributed by atoms with Crippen molar-refractivity contribution < 1.29 is 9.53 Å². The van der Waals surface area contributed by atoms with E-state index in [9.17, 15) is 4.79 Å². The molecule has 0 fully saturated rings. The number of nitrogens with zero attached hydrogens (tertiary/aromatic N) is 3. The predicted octanol–water partition coefficient (Wildman–Crippen LogP) is 1.17. The lowest BCUT2D eigenvalue weighted by Gasteiger charge is -2.30. The molecule has 0 aromatic carbocycles. The van der Waals surface area contributed by atoms with Crippen LogP contribution in [0, 0.1) is 0 Å². The van der Waals surface area contributed by atoms with Crippen molar-refractivity contribution in [2.45, 2.75) is 45.9 Å². The van der Waals surface area contributed by atoms with E-state index in [1.54, 1.807) is 4.90 Å². The van der Waals surface area contributed by atoms with Crippen LogP contribution in [0.2, 0.25) is 0 Å². The zero-order valence-electron chi connectivity index (χ0n) is 12.1. The number of rotatable bonds is 1. The molecule has 0 saturated carbocycles. The molecule has 2 rings (SSSR count). The average molecular weight is 266 g/mol. The lowest BCUT2D eigenvalue weighted by Crippen LogP contribution is -2.40. The Morgan fingerprint density at radius 1 is 1.47 bits per heavy atom. The minimum atomic E-state index is -0.469. The van der Waals surface area contributed by atoms with Gasteiger partial charge in [0.1, 0.15) is 5.60 Å². The zero-order chi connectivity index (χ0) is 14.2. The quantitative estimate of drug-likeness (QED) is 0.828. The molecule has 0 radical (unpaired) electrons. The summed E-state index contributed by atoms with van der Waals surface area (Å²) in [7, 11) is 1.92. The fourth-order valence-corrected chi connectivity index (χ4v) is 2.32. The Labute approximate surface area is 113 Å². The number of ether oxygens (including phenoxy) is 1. The van der Waals surface area contributed by atoms with Crippen LogP contribution in [0.4, 0.5) is 4.79 Å². The van der Waals surface area contributed by atoms with Crippen molar-refractivity contribution in [2.75, 3.05) is 6.54 Å². The molecule has 0 atom stereocenters. The summed E-state index contributed by atoms with van der Waals surface area (Å²) in [6.45, 7) is 7.20. The highest BCUT2D eigenvalue weighted by Crippen LogP contribution is 2.23. The summed E-state index contributed by atoms with van der Waals surface area (Å²) >= 11 is 0. The Bertz CT molecular complexity index is 488. The van der Waals surface area contributed by atoms with Gasteiger partial charge in [0.15, 0.2) is 0 Å². The van der Waals surface area contributed by atoms with Gasteiger partial charge in [0, 0.05) is 37.8 Å². The van der Waals surface area contributed by atoms with E-state index in [1.807, 2.05) is 32.5 Å². The average Bonchev–Trinajstić information content (AvgIpc) is 2.63. The minimum Gasteiger partial charge on any atom is -0.444 e. The predicted molar refractivity (Wildman–Crippen MR) is 71.4 cm³/mol. The number of hydrogen-bond donors (Lipinski definition) is 1. The molecule has 1 aromatic heterocycles. The Hall–Kier alpha value is -1.56. The molecule has 1 aliphatic rings. The summed E-state index contributed by atoms with van der Waals surface area (Å²) < 4.78 is 7.27. The molecular weight excluding hydrogens is 244 g/mol. The van der Waals surface area contributed by atoms with Crippen molar-refractivity contribution in [3.05, 3.63) is 17.0 Å². The number of carbonyl (C=O) groups is 1. The van der Waals surface area contributed by atoms with Crippen LogP contribution in [-0.2, 0) is 31.3 Å². The van der Waals surface area contributed by atoms with Crippen LogP contribution >= 0.6 is 0 Å². The van der Waals surface area contributed by atoms with E-state index in [1.165, 1.54) is 5.69 Å². The lowest BCUT2D eigenvalue weighted by molar-refractivity contribution is 0.0222. The van der Waals surface area contributed by atoms with Crippen LogP contribution in [0.5, 0.6) is 0 Å². The first-order valence-corrected chi connectivity index (χ1v) is 6.53. The molecule has 106 valence electrons. The van der Waals surface area contributed by atoms with Crippen molar-refractivity contribution in [2.24, 2.45) is 12.8 Å². The molecule has 1 aliphatic heterocycles. The SMILES string of the molecule is Cn1nc(CN)c2c1CCN(C(=O)OC(C)(C)C)C2. The van der Waals surface area contributed by atoms with Crippen molar-refractivity contribution in [1.82, 2.24) is 14.7 Å². The standard InChI is InChI=1S/C13H22N4O2/c1-13(2,3)19-12(18)17-6-5-11-9(8-17)10(7-14)15-16(11)4/h5-8,14H2,1-4H3. The maximum absolute atomic E-state index is 12.1. The third-order valence-corrected chi connectivity index (χ3v) is 3.17. The van der Waals surface area contributed by atoms with E-state index in [2.05, 4.69) is 5.10 Å². The summed E-state index contributed by atoms with van der Waals surface area (Å²) in [6, 6.07) is 0. The molecule has 0 unspecified atom stereocenters. The van der Waals surface area contributed by atoms with Gasteiger partial charge in [-0.2, -0.15) is 5.10 Å². The van der Waals surface area contributed by atoms with E-state index >= 15 is 0 Å². The number of carbonyl (C=O) groups excluding carboxylic acids is 1. The molecule has 0 spiro atoms. The first-order chi connectivity index (χ1) is 8.81. The minimum absolute atomic E-state index is 0.273. The summed E-state index contributed by atoms with van der Waals surface area (Å²) in [5.74, 6) is 0. The van der Waals surface area contributed by atoms with Crippen molar-refractivity contribution in [1.29, 1.82) is 0 Å². The highest BCUT2D eigenvalue weighted by Gasteiger charge is 2.29. The van der Waals surface area contributed by atoms with Gasteiger partial charge in [-0.1, -0.05) is 0 Å². The molecule has 1 aromatic rings. The molecule has 2 N–H and O–H groups in total. The number of hydrogen-bond acceptors (Lipinski definition) is 4. The van der Waals surface area contributed by atoms with Crippen LogP contribution in [0.3, 0.4) is 0 Å². The van der Waals surface area contributed by atoms with Gasteiger partial charge in [0.25, 0.3) is 0 Å². The summed E-state index contributed by atoms with van der Waals surface area (Å²) in [5, 5.41) is 4.39. The van der Waals surface area contributed by atoms with Crippen LogP contribution in [0.1, 0.15) is 37.7 Å². The van der Waals surface area contributed by atoms with Gasteiger partial charge < -0.3 is 15.4 Å². The fraction of sp³-hybridized carbons (Fsp3) is 0.692. The maximum atomic E-state index is 12.1. The van der Waals surface area contributed by atoms with Crippen LogP contribution < -0.4 is 5.73 Å². The van der Waals surface area contributed by atoms with Crippen molar-refractivity contribution in [3.63, 3.8) is 0 Å². The van der Waals surface area contributed by atoms with Crippen molar-refractivity contribution >= 4 is 6.09 Å². The van der Waals surface area contributed by atoms with E-state index < -0.39 is 5.60 Å². The number of nitrogens with two attached hydrogens (primary N) is 1. The second-order valence-electron chi connectivity index (χ2n) is 5.85. The van der Waals surface area contributed by atoms with Gasteiger partial charge in [-0.15, -0.1) is 0 Å². The van der Waals surface area contributed by atoms with Gasteiger partial charge in [-0.3, -0.25) is 4.68 Å².